The number of rotatable bonds is 5. The van der Waals surface area contributed by atoms with Crippen molar-refractivity contribution in [2.24, 2.45) is 0 Å². The van der Waals surface area contributed by atoms with Gasteiger partial charge in [-0.15, -0.1) is 11.3 Å². The second-order valence-electron chi connectivity index (χ2n) is 9.40. The first-order chi connectivity index (χ1) is 18.1. The lowest BCUT2D eigenvalue weighted by Crippen LogP contribution is -2.48. The van der Waals surface area contributed by atoms with Gasteiger partial charge in [0.15, 0.2) is 0 Å². The smallest absolute Gasteiger partial charge is 0.274 e. The molecule has 186 valence electrons. The zero-order valence-corrected chi connectivity index (χ0v) is 21.6. The number of carbonyl (C=O) groups excluding carboxylic acids is 1. The van der Waals surface area contributed by atoms with E-state index in [1.165, 1.54) is 11.3 Å². The number of aromatic nitrogens is 5. The topological polar surface area (TPSA) is 90.9 Å². The molecule has 0 unspecified atom stereocenters. The summed E-state index contributed by atoms with van der Waals surface area (Å²) in [4.78, 5) is 32.5. The molecule has 5 heterocycles. The van der Waals surface area contributed by atoms with E-state index in [4.69, 9.17) is 4.98 Å². The van der Waals surface area contributed by atoms with E-state index in [0.717, 1.165) is 68.5 Å². The highest BCUT2D eigenvalue weighted by molar-refractivity contribution is 7.18. The van der Waals surface area contributed by atoms with E-state index in [1.54, 1.807) is 12.4 Å². The summed E-state index contributed by atoms with van der Waals surface area (Å²) in [6.07, 6.45) is 5.34. The van der Waals surface area contributed by atoms with Crippen LogP contribution < -0.4 is 0 Å². The number of carbonyl (C=O) groups is 1. The van der Waals surface area contributed by atoms with Crippen LogP contribution in [0.1, 0.15) is 27.3 Å². The largest absolute Gasteiger partial charge is 0.335 e. The molecule has 9 heteroatoms. The number of H-pyrrole nitrogens is 1. The van der Waals surface area contributed by atoms with Gasteiger partial charge in [-0.3, -0.25) is 24.8 Å². The Kier molecular flexibility index (Phi) is 6.23. The van der Waals surface area contributed by atoms with Gasteiger partial charge in [-0.1, -0.05) is 23.8 Å². The van der Waals surface area contributed by atoms with E-state index in [-0.39, 0.29) is 5.91 Å². The Labute approximate surface area is 219 Å². The predicted octanol–water partition coefficient (Wildman–Crippen LogP) is 4.72. The van der Waals surface area contributed by atoms with Crippen LogP contribution in [0.2, 0.25) is 0 Å². The Morgan fingerprint density at radius 1 is 1.05 bits per heavy atom. The molecule has 4 aromatic heterocycles. The molecule has 0 spiro atoms. The van der Waals surface area contributed by atoms with E-state index in [9.17, 15) is 4.79 Å². The van der Waals surface area contributed by atoms with Gasteiger partial charge in [0.1, 0.15) is 16.4 Å². The van der Waals surface area contributed by atoms with E-state index in [2.05, 4.69) is 51.0 Å². The number of piperazine rings is 1. The van der Waals surface area contributed by atoms with Crippen LogP contribution in [0.5, 0.6) is 0 Å². The molecule has 0 aliphatic carbocycles. The number of aryl methyl sites for hydroxylation is 2. The fraction of sp³-hybridized carbons (Fsp3) is 0.250. The van der Waals surface area contributed by atoms with Gasteiger partial charge in [0.2, 0.25) is 0 Å². The first-order valence-corrected chi connectivity index (χ1v) is 13.2. The van der Waals surface area contributed by atoms with E-state index < -0.39 is 0 Å². The lowest BCUT2D eigenvalue weighted by Gasteiger charge is -2.34. The molecule has 1 amide bonds. The Balaban J connectivity index is 1.31. The van der Waals surface area contributed by atoms with Crippen molar-refractivity contribution in [3.05, 3.63) is 83.6 Å². The summed E-state index contributed by atoms with van der Waals surface area (Å²) in [6, 6.07) is 14.1. The zero-order chi connectivity index (χ0) is 25.4. The number of thiazole rings is 1. The molecular weight excluding hydrogens is 482 g/mol. The second kappa shape index (κ2) is 9.84. The van der Waals surface area contributed by atoms with Crippen molar-refractivity contribution in [1.82, 2.24) is 34.9 Å². The summed E-state index contributed by atoms with van der Waals surface area (Å²) in [5.74, 6) is -0.0500. The van der Waals surface area contributed by atoms with Crippen LogP contribution in [-0.2, 0) is 6.54 Å². The van der Waals surface area contributed by atoms with Crippen LogP contribution in [0.15, 0.2) is 61.1 Å². The number of aromatic amines is 1. The van der Waals surface area contributed by atoms with Crippen LogP contribution in [0.25, 0.3) is 32.0 Å². The van der Waals surface area contributed by atoms with Gasteiger partial charge in [0.25, 0.3) is 5.91 Å². The molecule has 1 aromatic carbocycles. The van der Waals surface area contributed by atoms with Gasteiger partial charge in [-0.25, -0.2) is 4.98 Å². The average molecular weight is 510 g/mol. The van der Waals surface area contributed by atoms with Crippen molar-refractivity contribution < 1.29 is 4.79 Å². The highest BCUT2D eigenvalue weighted by atomic mass is 32.1. The lowest BCUT2D eigenvalue weighted by atomic mass is 10.1. The third kappa shape index (κ3) is 4.63. The van der Waals surface area contributed by atoms with Gasteiger partial charge < -0.3 is 4.90 Å². The molecule has 0 atom stereocenters. The quantitative estimate of drug-likeness (QED) is 0.369. The Bertz CT molecular complexity index is 1550. The zero-order valence-electron chi connectivity index (χ0n) is 20.8. The van der Waals surface area contributed by atoms with Gasteiger partial charge in [-0.05, 0) is 43.7 Å². The van der Waals surface area contributed by atoms with Gasteiger partial charge in [0.05, 0.1) is 16.1 Å². The van der Waals surface area contributed by atoms with Crippen molar-refractivity contribution in [3.8, 4) is 21.1 Å². The monoisotopic (exact) mass is 509 g/mol. The third-order valence-corrected chi connectivity index (χ3v) is 7.85. The number of hydrogen-bond acceptors (Lipinski definition) is 7. The summed E-state index contributed by atoms with van der Waals surface area (Å²) in [5.41, 5.74) is 6.46. The van der Waals surface area contributed by atoms with Crippen LogP contribution >= 0.6 is 11.3 Å². The number of benzene rings is 1. The second-order valence-corrected chi connectivity index (χ2v) is 10.4. The molecule has 6 rings (SSSR count). The number of hydrogen-bond donors (Lipinski definition) is 1. The van der Waals surface area contributed by atoms with Gasteiger partial charge >= 0.3 is 0 Å². The molecule has 37 heavy (non-hydrogen) atoms. The molecule has 0 saturated carbocycles. The molecule has 1 N–H and O–H groups in total. The molecule has 1 fully saturated rings. The van der Waals surface area contributed by atoms with Crippen LogP contribution in [0.4, 0.5) is 0 Å². The molecule has 1 aliphatic heterocycles. The standard InChI is InChI=1S/C28H27N7OS/c1-18-14-19(2)23-22(15-18)24(33-32-23)27-31-25(26(37-27)20-6-5-8-29-16-20)28(36)35-12-10-34(11-13-35)17-21-7-3-4-9-30-21/h3-9,14-16H,10-13,17H2,1-2H3,(H,32,33). The van der Waals surface area contributed by atoms with Gasteiger partial charge in [0, 0.05) is 62.3 Å². The average Bonchev–Trinajstić information content (AvgIpc) is 3.55. The summed E-state index contributed by atoms with van der Waals surface area (Å²) < 4.78 is 0. The lowest BCUT2D eigenvalue weighted by molar-refractivity contribution is 0.0623. The maximum absolute atomic E-state index is 13.8. The molecular formula is C28H27N7OS. The number of pyridine rings is 2. The first-order valence-electron chi connectivity index (χ1n) is 12.4. The maximum Gasteiger partial charge on any atom is 0.274 e. The van der Waals surface area contributed by atoms with Crippen LogP contribution in [0.3, 0.4) is 0 Å². The first kappa shape index (κ1) is 23.4. The van der Waals surface area contributed by atoms with Crippen molar-refractivity contribution in [2.75, 3.05) is 26.2 Å². The summed E-state index contributed by atoms with van der Waals surface area (Å²) in [5, 5.41) is 9.52. The van der Waals surface area contributed by atoms with Crippen molar-refractivity contribution in [2.45, 2.75) is 20.4 Å². The van der Waals surface area contributed by atoms with Crippen LogP contribution in [0, 0.1) is 13.8 Å². The van der Waals surface area contributed by atoms with Crippen molar-refractivity contribution in [1.29, 1.82) is 0 Å². The maximum atomic E-state index is 13.8. The third-order valence-electron chi connectivity index (χ3n) is 6.74. The minimum Gasteiger partial charge on any atom is -0.335 e. The molecule has 0 bridgehead atoms. The summed E-state index contributed by atoms with van der Waals surface area (Å²) in [6.45, 7) is 7.82. The summed E-state index contributed by atoms with van der Waals surface area (Å²) in [7, 11) is 0. The molecule has 8 nitrogen and oxygen atoms in total. The minimum absolute atomic E-state index is 0.0500. The Hall–Kier alpha value is -3.95. The highest BCUT2D eigenvalue weighted by Gasteiger charge is 2.29. The van der Waals surface area contributed by atoms with Gasteiger partial charge in [-0.2, -0.15) is 5.10 Å². The van der Waals surface area contributed by atoms with E-state index in [0.29, 0.717) is 18.8 Å². The number of nitrogens with zero attached hydrogens (tertiary/aromatic N) is 6. The SMILES string of the molecule is Cc1cc(C)c2[nH]nc(-c3nc(C(=O)N4CCN(Cc5ccccn5)CC4)c(-c4cccnc4)s3)c2c1. The fourth-order valence-corrected chi connectivity index (χ4v) is 5.93. The normalized spacial score (nSPS) is 14.4. The highest BCUT2D eigenvalue weighted by Crippen LogP contribution is 2.38. The Morgan fingerprint density at radius 3 is 2.68 bits per heavy atom. The molecule has 0 radical (unpaired) electrons. The van der Waals surface area contributed by atoms with Crippen molar-refractivity contribution in [3.63, 3.8) is 0 Å². The van der Waals surface area contributed by atoms with E-state index in [1.807, 2.05) is 41.4 Å². The fourth-order valence-electron chi connectivity index (χ4n) is 4.88. The minimum atomic E-state index is -0.0500. The van der Waals surface area contributed by atoms with Crippen molar-refractivity contribution >= 4 is 28.1 Å². The number of fused-ring (bicyclic) bond motifs is 1. The number of nitrogens with one attached hydrogen (secondary N) is 1. The molecule has 1 saturated heterocycles. The molecule has 1 aliphatic rings. The predicted molar refractivity (Wildman–Crippen MR) is 145 cm³/mol. The van der Waals surface area contributed by atoms with E-state index >= 15 is 0 Å². The number of amides is 1. The van der Waals surface area contributed by atoms with Crippen LogP contribution in [-0.4, -0.2) is 67.0 Å². The molecule has 5 aromatic rings. The Morgan fingerprint density at radius 2 is 1.92 bits per heavy atom. The summed E-state index contributed by atoms with van der Waals surface area (Å²) >= 11 is 1.49.